The minimum Gasteiger partial charge on any atom is -0.469 e. The molecule has 1 N–H and O–H groups in total. The molecule has 0 amide bonds. The van der Waals surface area contributed by atoms with E-state index in [0.717, 1.165) is 18.7 Å². The molecule has 2 aromatic rings. The van der Waals surface area contributed by atoms with Gasteiger partial charge in [0.2, 0.25) is 0 Å². The second kappa shape index (κ2) is 5.14. The van der Waals surface area contributed by atoms with E-state index in [2.05, 4.69) is 29.8 Å². The number of hydrogen-bond acceptors (Lipinski definition) is 3. The molecule has 0 radical (unpaired) electrons. The molecule has 0 aliphatic rings. The molecule has 2 nitrogen and oxygen atoms in total. The number of thiophene rings is 1. The molecule has 0 aliphatic carbocycles. The molecule has 2 rings (SSSR count). The third-order valence-electron chi connectivity index (χ3n) is 2.32. The summed E-state index contributed by atoms with van der Waals surface area (Å²) in [5.74, 6) is 1.04. The van der Waals surface area contributed by atoms with Gasteiger partial charge in [0.15, 0.2) is 0 Å². The van der Waals surface area contributed by atoms with Crippen LogP contribution in [-0.4, -0.2) is 6.54 Å². The number of hydrogen-bond donors (Lipinski definition) is 1. The van der Waals surface area contributed by atoms with Crippen LogP contribution in [0, 0.1) is 0 Å². The Labute approximate surface area is 93.9 Å². The molecule has 1 atom stereocenters. The highest BCUT2D eigenvalue weighted by Crippen LogP contribution is 2.22. The van der Waals surface area contributed by atoms with Crippen LogP contribution in [-0.2, 0) is 6.42 Å². The van der Waals surface area contributed by atoms with Crippen LogP contribution >= 0.6 is 11.3 Å². The first kappa shape index (κ1) is 10.5. The number of rotatable bonds is 5. The Morgan fingerprint density at radius 1 is 1.40 bits per heavy atom. The summed E-state index contributed by atoms with van der Waals surface area (Å²) in [5, 5.41) is 5.59. The second-order valence-corrected chi connectivity index (χ2v) is 4.39. The molecule has 0 spiro atoms. The van der Waals surface area contributed by atoms with Crippen LogP contribution < -0.4 is 5.32 Å². The second-order valence-electron chi connectivity index (χ2n) is 3.41. The van der Waals surface area contributed by atoms with E-state index in [-0.39, 0.29) is 0 Å². The molecular weight excluding hydrogens is 206 g/mol. The molecule has 0 aliphatic heterocycles. The van der Waals surface area contributed by atoms with E-state index in [9.17, 15) is 0 Å². The summed E-state index contributed by atoms with van der Waals surface area (Å²) in [6, 6.07) is 8.60. The lowest BCUT2D eigenvalue weighted by Crippen LogP contribution is -2.21. The minimum atomic E-state index is 0.376. The number of nitrogens with one attached hydrogen (secondary N) is 1. The lowest BCUT2D eigenvalue weighted by molar-refractivity contribution is 0.458. The van der Waals surface area contributed by atoms with Gasteiger partial charge in [0.05, 0.1) is 6.26 Å². The van der Waals surface area contributed by atoms with E-state index < -0.39 is 0 Å². The maximum atomic E-state index is 5.37. The van der Waals surface area contributed by atoms with E-state index in [1.807, 2.05) is 12.1 Å². The number of likely N-dealkylation sites (N-methyl/N-ethyl adjacent to an activating group) is 1. The van der Waals surface area contributed by atoms with E-state index in [1.165, 1.54) is 4.88 Å². The molecule has 0 fully saturated rings. The molecule has 80 valence electrons. The average Bonchev–Trinajstić information content (AvgIpc) is 2.89. The van der Waals surface area contributed by atoms with Gasteiger partial charge >= 0.3 is 0 Å². The van der Waals surface area contributed by atoms with Gasteiger partial charge in [0.1, 0.15) is 5.76 Å². The van der Waals surface area contributed by atoms with Crippen molar-refractivity contribution in [1.82, 2.24) is 5.32 Å². The summed E-state index contributed by atoms with van der Waals surface area (Å²) < 4.78 is 5.37. The SMILES string of the molecule is CCNC(Cc1ccco1)c1cccs1. The van der Waals surface area contributed by atoms with E-state index in [4.69, 9.17) is 4.42 Å². The Bertz CT molecular complexity index is 366. The van der Waals surface area contributed by atoms with Gasteiger partial charge in [-0.3, -0.25) is 0 Å². The van der Waals surface area contributed by atoms with Crippen LogP contribution in [0.15, 0.2) is 40.3 Å². The minimum absolute atomic E-state index is 0.376. The fourth-order valence-corrected chi connectivity index (χ4v) is 2.44. The van der Waals surface area contributed by atoms with Gasteiger partial charge in [-0.1, -0.05) is 13.0 Å². The summed E-state index contributed by atoms with van der Waals surface area (Å²) in [6.07, 6.45) is 2.65. The molecule has 0 bridgehead atoms. The summed E-state index contributed by atoms with van der Waals surface area (Å²) in [7, 11) is 0. The monoisotopic (exact) mass is 221 g/mol. The Morgan fingerprint density at radius 3 is 2.93 bits per heavy atom. The van der Waals surface area contributed by atoms with Crippen molar-refractivity contribution in [3.05, 3.63) is 46.5 Å². The van der Waals surface area contributed by atoms with Crippen molar-refractivity contribution in [2.75, 3.05) is 6.54 Å². The molecule has 1 unspecified atom stereocenters. The quantitative estimate of drug-likeness (QED) is 0.838. The van der Waals surface area contributed by atoms with Crippen LogP contribution in [0.2, 0.25) is 0 Å². The topological polar surface area (TPSA) is 25.2 Å². The van der Waals surface area contributed by atoms with Crippen molar-refractivity contribution in [3.63, 3.8) is 0 Å². The fraction of sp³-hybridized carbons (Fsp3) is 0.333. The zero-order chi connectivity index (χ0) is 10.5. The first-order valence-electron chi connectivity index (χ1n) is 5.19. The molecular formula is C12H15NOS. The lowest BCUT2D eigenvalue weighted by atomic mass is 10.1. The lowest BCUT2D eigenvalue weighted by Gasteiger charge is -2.14. The predicted octanol–water partition coefficient (Wildman–Crippen LogP) is 3.23. The van der Waals surface area contributed by atoms with Gasteiger partial charge in [-0.05, 0) is 30.1 Å². The largest absolute Gasteiger partial charge is 0.469 e. The molecule has 0 saturated heterocycles. The van der Waals surface area contributed by atoms with Crippen LogP contribution in [0.3, 0.4) is 0 Å². The Balaban J connectivity index is 2.07. The Hall–Kier alpha value is -1.06. The molecule has 0 aromatic carbocycles. The predicted molar refractivity (Wildman–Crippen MR) is 63.1 cm³/mol. The van der Waals surface area contributed by atoms with Crippen molar-refractivity contribution in [2.45, 2.75) is 19.4 Å². The zero-order valence-electron chi connectivity index (χ0n) is 8.77. The highest BCUT2D eigenvalue weighted by Gasteiger charge is 2.13. The fourth-order valence-electron chi connectivity index (χ4n) is 1.64. The smallest absolute Gasteiger partial charge is 0.105 e. The highest BCUT2D eigenvalue weighted by atomic mass is 32.1. The molecule has 3 heteroatoms. The average molecular weight is 221 g/mol. The third kappa shape index (κ3) is 2.70. The third-order valence-corrected chi connectivity index (χ3v) is 3.31. The van der Waals surface area contributed by atoms with Crippen LogP contribution in [0.4, 0.5) is 0 Å². The summed E-state index contributed by atoms with van der Waals surface area (Å²) in [4.78, 5) is 1.37. The van der Waals surface area contributed by atoms with Crippen molar-refractivity contribution >= 4 is 11.3 Å². The molecule has 2 aromatic heterocycles. The van der Waals surface area contributed by atoms with Gasteiger partial charge in [-0.2, -0.15) is 0 Å². The van der Waals surface area contributed by atoms with E-state index in [1.54, 1.807) is 17.6 Å². The molecule has 15 heavy (non-hydrogen) atoms. The van der Waals surface area contributed by atoms with Crippen LogP contribution in [0.25, 0.3) is 0 Å². The van der Waals surface area contributed by atoms with Crippen molar-refractivity contribution in [1.29, 1.82) is 0 Å². The van der Waals surface area contributed by atoms with Gasteiger partial charge in [-0.25, -0.2) is 0 Å². The normalized spacial score (nSPS) is 12.9. The maximum Gasteiger partial charge on any atom is 0.105 e. The summed E-state index contributed by atoms with van der Waals surface area (Å²) in [5.41, 5.74) is 0. The van der Waals surface area contributed by atoms with Crippen molar-refractivity contribution in [3.8, 4) is 0 Å². The Kier molecular flexibility index (Phi) is 3.59. The van der Waals surface area contributed by atoms with Crippen molar-refractivity contribution in [2.24, 2.45) is 0 Å². The van der Waals surface area contributed by atoms with Gasteiger partial charge in [0, 0.05) is 17.3 Å². The van der Waals surface area contributed by atoms with Gasteiger partial charge in [-0.15, -0.1) is 11.3 Å². The van der Waals surface area contributed by atoms with Gasteiger partial charge < -0.3 is 9.73 Å². The van der Waals surface area contributed by atoms with Crippen LogP contribution in [0.1, 0.15) is 23.6 Å². The summed E-state index contributed by atoms with van der Waals surface area (Å²) in [6.45, 7) is 3.10. The Morgan fingerprint density at radius 2 is 2.33 bits per heavy atom. The van der Waals surface area contributed by atoms with Gasteiger partial charge in [0.25, 0.3) is 0 Å². The van der Waals surface area contributed by atoms with Crippen LogP contribution in [0.5, 0.6) is 0 Å². The molecule has 0 saturated carbocycles. The zero-order valence-corrected chi connectivity index (χ0v) is 9.59. The molecule has 2 heterocycles. The van der Waals surface area contributed by atoms with Crippen molar-refractivity contribution < 1.29 is 4.42 Å². The maximum absolute atomic E-state index is 5.37. The van der Waals surface area contributed by atoms with E-state index in [0.29, 0.717) is 6.04 Å². The number of furan rings is 1. The standard InChI is InChI=1S/C12H15NOS/c1-2-13-11(12-6-4-8-15-12)9-10-5-3-7-14-10/h3-8,11,13H,2,9H2,1H3. The highest BCUT2D eigenvalue weighted by molar-refractivity contribution is 7.10. The first-order valence-corrected chi connectivity index (χ1v) is 6.07. The van der Waals surface area contributed by atoms with E-state index >= 15 is 0 Å². The summed E-state index contributed by atoms with van der Waals surface area (Å²) >= 11 is 1.79. The first-order chi connectivity index (χ1) is 7.40.